The molecule has 118 valence electrons. The number of nitrogens with zero attached hydrogens (tertiary/aromatic N) is 1. The van der Waals surface area contributed by atoms with Crippen LogP contribution < -0.4 is 0 Å². The summed E-state index contributed by atoms with van der Waals surface area (Å²) in [5.41, 5.74) is -0.605. The Labute approximate surface area is 125 Å². The van der Waals surface area contributed by atoms with E-state index in [1.165, 1.54) is 4.90 Å². The lowest BCUT2D eigenvalue weighted by Gasteiger charge is -2.28. The fourth-order valence-electron chi connectivity index (χ4n) is 2.21. The number of ketones is 1. The highest BCUT2D eigenvalue weighted by atomic mass is 16.6. The van der Waals surface area contributed by atoms with Crippen molar-refractivity contribution in [3.63, 3.8) is 0 Å². The molecule has 0 spiro atoms. The first kappa shape index (κ1) is 17.2. The van der Waals surface area contributed by atoms with Crippen LogP contribution in [0.3, 0.4) is 0 Å². The minimum atomic E-state index is -0.605. The minimum Gasteiger partial charge on any atom is -0.486 e. The van der Waals surface area contributed by atoms with Gasteiger partial charge < -0.3 is 9.47 Å². The fourth-order valence-corrected chi connectivity index (χ4v) is 2.21. The van der Waals surface area contributed by atoms with Crippen molar-refractivity contribution in [3.8, 4) is 0 Å². The molecule has 1 heterocycles. The zero-order valence-electron chi connectivity index (χ0n) is 13.1. The van der Waals surface area contributed by atoms with Crippen molar-refractivity contribution in [1.29, 1.82) is 0 Å². The van der Waals surface area contributed by atoms with E-state index >= 15 is 0 Å². The number of carbonyl (C=O) groups is 2. The lowest BCUT2D eigenvalue weighted by Crippen LogP contribution is -2.43. The van der Waals surface area contributed by atoms with E-state index in [4.69, 9.17) is 9.47 Å². The van der Waals surface area contributed by atoms with E-state index in [2.05, 4.69) is 0 Å². The standard InChI is InChI=1S/C15H23NO5/c1-5-20-11(10-17)9-13(18)12-7-6-8-16(12)14(19)21-15(2,3)4/h12H,5-9H2,1-4H3/t12-/m0/s1. The highest BCUT2D eigenvalue weighted by molar-refractivity contribution is 5.90. The predicted octanol–water partition coefficient (Wildman–Crippen LogP) is 2.10. The highest BCUT2D eigenvalue weighted by Gasteiger charge is 2.36. The van der Waals surface area contributed by atoms with Gasteiger partial charge in [0.25, 0.3) is 0 Å². The van der Waals surface area contributed by atoms with E-state index in [0.717, 1.165) is 6.42 Å². The van der Waals surface area contributed by atoms with Crippen LogP contribution >= 0.6 is 0 Å². The Morgan fingerprint density at radius 2 is 2.00 bits per heavy atom. The van der Waals surface area contributed by atoms with Crippen LogP contribution in [-0.4, -0.2) is 47.5 Å². The van der Waals surface area contributed by atoms with Crippen molar-refractivity contribution in [2.75, 3.05) is 13.2 Å². The van der Waals surface area contributed by atoms with E-state index in [1.54, 1.807) is 33.6 Å². The SMILES string of the molecule is CCOC(=C=O)CC(=O)[C@@H]1CCCN1C(=O)OC(C)(C)C. The Morgan fingerprint density at radius 3 is 2.52 bits per heavy atom. The third-order valence-corrected chi connectivity index (χ3v) is 3.02. The Bertz CT molecular complexity index is 445. The maximum atomic E-state index is 12.2. The van der Waals surface area contributed by atoms with Crippen molar-refractivity contribution in [1.82, 2.24) is 4.90 Å². The Balaban J connectivity index is 2.70. The van der Waals surface area contributed by atoms with E-state index in [1.807, 2.05) is 0 Å². The van der Waals surface area contributed by atoms with Gasteiger partial charge in [-0.05, 0) is 40.5 Å². The molecule has 0 aromatic heterocycles. The molecule has 0 saturated carbocycles. The van der Waals surface area contributed by atoms with Crippen LogP contribution in [0, 0.1) is 0 Å². The lowest BCUT2D eigenvalue weighted by atomic mass is 10.1. The topological polar surface area (TPSA) is 72.9 Å². The Kier molecular flexibility index (Phi) is 5.97. The first-order valence-corrected chi connectivity index (χ1v) is 7.17. The van der Waals surface area contributed by atoms with E-state index in [0.29, 0.717) is 19.6 Å². The van der Waals surface area contributed by atoms with Gasteiger partial charge >= 0.3 is 6.09 Å². The lowest BCUT2D eigenvalue weighted by molar-refractivity contribution is -0.123. The number of allylic oxidation sites excluding steroid dienone is 1. The molecular formula is C15H23NO5. The number of ether oxygens (including phenoxy) is 2. The van der Waals surface area contributed by atoms with Crippen LogP contribution in [0.2, 0.25) is 0 Å². The smallest absolute Gasteiger partial charge is 0.410 e. The first-order chi connectivity index (χ1) is 9.78. The van der Waals surface area contributed by atoms with Gasteiger partial charge in [0.15, 0.2) is 17.5 Å². The maximum Gasteiger partial charge on any atom is 0.410 e. The summed E-state index contributed by atoms with van der Waals surface area (Å²) in [6.07, 6.45) is 0.689. The molecule has 0 N–H and O–H groups in total. The monoisotopic (exact) mass is 297 g/mol. The fraction of sp³-hybridized carbons (Fsp3) is 0.733. The molecule has 0 unspecified atom stereocenters. The first-order valence-electron chi connectivity index (χ1n) is 7.17. The van der Waals surface area contributed by atoms with Crippen molar-refractivity contribution in [3.05, 3.63) is 5.76 Å². The van der Waals surface area contributed by atoms with E-state index in [9.17, 15) is 14.4 Å². The summed E-state index contributed by atoms with van der Waals surface area (Å²) in [6.45, 7) is 7.85. The molecule has 1 amide bonds. The molecule has 6 nitrogen and oxygen atoms in total. The van der Waals surface area contributed by atoms with Gasteiger partial charge in [0, 0.05) is 6.54 Å². The zero-order valence-corrected chi connectivity index (χ0v) is 13.1. The quantitative estimate of drug-likeness (QED) is 0.574. The summed E-state index contributed by atoms with van der Waals surface area (Å²) in [6, 6.07) is -0.552. The normalized spacial score (nSPS) is 18.1. The molecular weight excluding hydrogens is 274 g/mol. The van der Waals surface area contributed by atoms with Crippen LogP contribution in [0.5, 0.6) is 0 Å². The third kappa shape index (κ3) is 5.23. The highest BCUT2D eigenvalue weighted by Crippen LogP contribution is 2.23. The third-order valence-electron chi connectivity index (χ3n) is 3.02. The summed E-state index contributed by atoms with van der Waals surface area (Å²) in [4.78, 5) is 36.5. The molecule has 0 aliphatic carbocycles. The second kappa shape index (κ2) is 7.27. The van der Waals surface area contributed by atoms with Gasteiger partial charge in [-0.3, -0.25) is 9.69 Å². The molecule has 6 heteroatoms. The largest absolute Gasteiger partial charge is 0.486 e. The van der Waals surface area contributed by atoms with Gasteiger partial charge in [-0.1, -0.05) is 0 Å². The molecule has 1 aliphatic rings. The number of carbonyl (C=O) groups excluding carboxylic acids is 3. The summed E-state index contributed by atoms with van der Waals surface area (Å²) in [5, 5.41) is 0. The predicted molar refractivity (Wildman–Crippen MR) is 76.4 cm³/mol. The average Bonchev–Trinajstić information content (AvgIpc) is 2.85. The minimum absolute atomic E-state index is 0.0152. The van der Waals surface area contributed by atoms with E-state index in [-0.39, 0.29) is 18.0 Å². The van der Waals surface area contributed by atoms with Gasteiger partial charge in [0.05, 0.1) is 19.1 Å². The van der Waals surface area contributed by atoms with Crippen molar-refractivity contribution >= 4 is 17.8 Å². The number of hydrogen-bond acceptors (Lipinski definition) is 5. The van der Waals surface area contributed by atoms with Crippen molar-refractivity contribution in [2.24, 2.45) is 0 Å². The van der Waals surface area contributed by atoms with Crippen LogP contribution in [0.4, 0.5) is 4.79 Å². The summed E-state index contributed by atoms with van der Waals surface area (Å²) in [5.74, 6) is 1.40. The zero-order chi connectivity index (χ0) is 16.0. The molecule has 1 aliphatic heterocycles. The molecule has 1 atom stereocenters. The van der Waals surface area contributed by atoms with E-state index < -0.39 is 17.7 Å². The molecule has 1 saturated heterocycles. The average molecular weight is 297 g/mol. The molecule has 1 fully saturated rings. The molecule has 0 bridgehead atoms. The van der Waals surface area contributed by atoms with Crippen LogP contribution in [-0.2, 0) is 19.1 Å². The second-order valence-electron chi connectivity index (χ2n) is 5.93. The van der Waals surface area contributed by atoms with Crippen molar-refractivity contribution < 1.29 is 23.9 Å². The van der Waals surface area contributed by atoms with Crippen LogP contribution in [0.25, 0.3) is 0 Å². The van der Waals surface area contributed by atoms with Gasteiger partial charge in [0.1, 0.15) is 5.60 Å². The molecule has 0 aromatic carbocycles. The Hall–Kier alpha value is -1.81. The summed E-state index contributed by atoms with van der Waals surface area (Å²) < 4.78 is 10.3. The van der Waals surface area contributed by atoms with Crippen molar-refractivity contribution in [2.45, 2.75) is 58.6 Å². The second-order valence-corrected chi connectivity index (χ2v) is 5.93. The van der Waals surface area contributed by atoms with Gasteiger partial charge in [-0.2, -0.15) is 0 Å². The molecule has 1 rings (SSSR count). The number of likely N-dealkylation sites (tertiary alicyclic amines) is 1. The molecule has 21 heavy (non-hydrogen) atoms. The Morgan fingerprint density at radius 1 is 1.33 bits per heavy atom. The summed E-state index contributed by atoms with van der Waals surface area (Å²) >= 11 is 0. The van der Waals surface area contributed by atoms with Gasteiger partial charge in [0.2, 0.25) is 0 Å². The molecule has 0 aromatic rings. The molecule has 0 radical (unpaired) electrons. The summed E-state index contributed by atoms with van der Waals surface area (Å²) in [7, 11) is 0. The van der Waals surface area contributed by atoms with Gasteiger partial charge in [-0.15, -0.1) is 0 Å². The number of hydrogen-bond donors (Lipinski definition) is 0. The van der Waals surface area contributed by atoms with Gasteiger partial charge in [-0.25, -0.2) is 9.59 Å². The number of rotatable bonds is 5. The maximum absolute atomic E-state index is 12.2. The number of amides is 1. The van der Waals surface area contributed by atoms with Crippen LogP contribution in [0.15, 0.2) is 5.76 Å². The van der Waals surface area contributed by atoms with Crippen LogP contribution in [0.1, 0.15) is 47.0 Å². The number of Topliss-reactive ketones (excluding diaryl/α,β-unsaturated/α-hetero) is 1.